The number of aromatic carboxylic acids is 1. The summed E-state index contributed by atoms with van der Waals surface area (Å²) in [7, 11) is 1.12. The van der Waals surface area contributed by atoms with Crippen LogP contribution in [-0.4, -0.2) is 18.2 Å². The number of hydrogen-bond acceptors (Lipinski definition) is 2. The molecule has 2 aromatic rings. The minimum atomic E-state index is -4.67. The Labute approximate surface area is 116 Å². The fourth-order valence-electron chi connectivity index (χ4n) is 2.04. The maximum Gasteiger partial charge on any atom is 0.420 e. The van der Waals surface area contributed by atoms with E-state index < -0.39 is 17.7 Å². The lowest BCUT2D eigenvalue weighted by atomic mass is 9.98. The smallest absolute Gasteiger partial charge is 0.420 e. The van der Waals surface area contributed by atoms with Crippen LogP contribution in [0.2, 0.25) is 5.02 Å². The van der Waals surface area contributed by atoms with Gasteiger partial charge in [-0.15, -0.1) is 0 Å². The molecule has 0 bridgehead atoms. The second-order valence-corrected chi connectivity index (χ2v) is 4.37. The number of methoxy groups -OCH3 is 1. The van der Waals surface area contributed by atoms with Crippen molar-refractivity contribution in [3.8, 4) is 5.75 Å². The predicted molar refractivity (Wildman–Crippen MR) is 67.5 cm³/mol. The van der Waals surface area contributed by atoms with E-state index in [0.29, 0.717) is 0 Å². The highest BCUT2D eigenvalue weighted by Gasteiger charge is 2.37. The van der Waals surface area contributed by atoms with Gasteiger partial charge in [0.2, 0.25) is 0 Å². The van der Waals surface area contributed by atoms with E-state index in [2.05, 4.69) is 0 Å². The maximum atomic E-state index is 13.1. The number of ether oxygens (including phenoxy) is 1. The summed E-state index contributed by atoms with van der Waals surface area (Å²) in [5, 5.41) is 8.61. The van der Waals surface area contributed by atoms with E-state index in [0.717, 1.165) is 25.3 Å². The highest BCUT2D eigenvalue weighted by molar-refractivity contribution is 6.35. The Balaban J connectivity index is 2.97. The van der Waals surface area contributed by atoms with Gasteiger partial charge in [-0.1, -0.05) is 17.7 Å². The van der Waals surface area contributed by atoms with E-state index in [1.165, 1.54) is 6.07 Å². The lowest BCUT2D eigenvalue weighted by Gasteiger charge is -2.16. The highest BCUT2D eigenvalue weighted by Crippen LogP contribution is 2.42. The van der Waals surface area contributed by atoms with Gasteiger partial charge in [0.25, 0.3) is 0 Å². The van der Waals surface area contributed by atoms with Gasteiger partial charge in [0.05, 0.1) is 17.7 Å². The number of carboxylic acid groups (broad SMARTS) is 1. The first-order chi connectivity index (χ1) is 9.27. The highest BCUT2D eigenvalue weighted by atomic mass is 35.5. The predicted octanol–water partition coefficient (Wildman–Crippen LogP) is 4.22. The number of alkyl halides is 3. The topological polar surface area (TPSA) is 46.5 Å². The van der Waals surface area contributed by atoms with Crippen LogP contribution < -0.4 is 4.74 Å². The number of carboxylic acids is 1. The first kappa shape index (κ1) is 14.5. The molecule has 106 valence electrons. The molecule has 0 radical (unpaired) electrons. The van der Waals surface area contributed by atoms with E-state index in [1.807, 2.05) is 0 Å². The molecule has 0 aliphatic rings. The van der Waals surface area contributed by atoms with Crippen LogP contribution in [0.25, 0.3) is 10.8 Å². The Bertz CT molecular complexity index is 695. The molecule has 20 heavy (non-hydrogen) atoms. The molecule has 0 aliphatic heterocycles. The van der Waals surface area contributed by atoms with Crippen molar-refractivity contribution in [2.45, 2.75) is 6.18 Å². The number of rotatable bonds is 2. The van der Waals surface area contributed by atoms with Crippen molar-refractivity contribution in [1.29, 1.82) is 0 Å². The van der Waals surface area contributed by atoms with Crippen LogP contribution in [0, 0.1) is 0 Å². The number of halogens is 4. The minimum absolute atomic E-state index is 0.0851. The Morgan fingerprint density at radius 2 is 1.80 bits per heavy atom. The molecule has 2 aromatic carbocycles. The average molecular weight is 305 g/mol. The largest absolute Gasteiger partial charge is 0.496 e. The molecule has 0 saturated carbocycles. The van der Waals surface area contributed by atoms with Gasteiger partial charge in [-0.25, -0.2) is 4.79 Å². The molecule has 3 nitrogen and oxygen atoms in total. The SMILES string of the molecule is COc1ccc2c(C(=O)O)c(Cl)ccc2c1C(F)(F)F. The van der Waals surface area contributed by atoms with Gasteiger partial charge < -0.3 is 9.84 Å². The zero-order valence-electron chi connectivity index (χ0n) is 10.1. The van der Waals surface area contributed by atoms with Crippen LogP contribution >= 0.6 is 11.6 Å². The summed E-state index contributed by atoms with van der Waals surface area (Å²) < 4.78 is 44.1. The number of hydrogen-bond donors (Lipinski definition) is 1. The molecule has 0 aromatic heterocycles. The lowest BCUT2D eigenvalue weighted by molar-refractivity contribution is -0.137. The van der Waals surface area contributed by atoms with Crippen molar-refractivity contribution < 1.29 is 27.8 Å². The summed E-state index contributed by atoms with van der Waals surface area (Å²) >= 11 is 5.75. The molecule has 1 N–H and O–H groups in total. The van der Waals surface area contributed by atoms with Crippen LogP contribution in [0.5, 0.6) is 5.75 Å². The quantitative estimate of drug-likeness (QED) is 0.903. The van der Waals surface area contributed by atoms with Crippen LogP contribution in [-0.2, 0) is 6.18 Å². The molecule has 0 heterocycles. The number of carbonyl (C=O) groups is 1. The second-order valence-electron chi connectivity index (χ2n) is 3.96. The third-order valence-electron chi connectivity index (χ3n) is 2.83. The van der Waals surface area contributed by atoms with E-state index in [-0.39, 0.29) is 27.1 Å². The summed E-state index contributed by atoms with van der Waals surface area (Å²) in [6.07, 6.45) is -4.67. The summed E-state index contributed by atoms with van der Waals surface area (Å²) in [6, 6.07) is 4.59. The van der Waals surface area contributed by atoms with Crippen LogP contribution in [0.4, 0.5) is 13.2 Å². The molecule has 0 fully saturated rings. The molecule has 7 heteroatoms. The Kier molecular flexibility index (Phi) is 3.52. The second kappa shape index (κ2) is 4.86. The standard InChI is InChI=1S/C13H8ClF3O3/c1-20-9-5-3-6-7(11(9)13(15,16)17)2-4-8(14)10(6)12(18)19/h2-5H,1H3,(H,18,19). The third kappa shape index (κ3) is 2.27. The van der Waals surface area contributed by atoms with Gasteiger partial charge in [-0.3, -0.25) is 0 Å². The van der Waals surface area contributed by atoms with Gasteiger partial charge in [-0.2, -0.15) is 13.2 Å². The van der Waals surface area contributed by atoms with Crippen LogP contribution in [0.15, 0.2) is 24.3 Å². The Hall–Kier alpha value is -1.95. The summed E-state index contributed by atoms with van der Waals surface area (Å²) in [4.78, 5) is 11.2. The molecule has 0 aliphatic carbocycles. The molecule has 0 unspecified atom stereocenters. The van der Waals surface area contributed by atoms with E-state index >= 15 is 0 Å². The first-order valence-electron chi connectivity index (χ1n) is 5.37. The Morgan fingerprint density at radius 3 is 2.30 bits per heavy atom. The van der Waals surface area contributed by atoms with Gasteiger partial charge in [0.1, 0.15) is 11.3 Å². The fourth-order valence-corrected chi connectivity index (χ4v) is 2.28. The average Bonchev–Trinajstić information content (AvgIpc) is 2.35. The molecule has 2 rings (SSSR count). The summed E-state index contributed by atoms with van der Waals surface area (Å²) in [5.74, 6) is -1.76. The van der Waals surface area contributed by atoms with Crippen molar-refractivity contribution >= 4 is 28.3 Å². The molecule has 0 amide bonds. The monoisotopic (exact) mass is 304 g/mol. The number of benzene rings is 2. The molecule has 0 saturated heterocycles. The third-order valence-corrected chi connectivity index (χ3v) is 3.14. The molecule has 0 spiro atoms. The molecular weight excluding hydrogens is 297 g/mol. The van der Waals surface area contributed by atoms with Crippen molar-refractivity contribution in [2.24, 2.45) is 0 Å². The van der Waals surface area contributed by atoms with Gasteiger partial charge in [-0.05, 0) is 29.0 Å². The fraction of sp³-hybridized carbons (Fsp3) is 0.154. The van der Waals surface area contributed by atoms with Gasteiger partial charge in [0.15, 0.2) is 0 Å². The van der Waals surface area contributed by atoms with E-state index in [1.54, 1.807) is 0 Å². The van der Waals surface area contributed by atoms with Crippen LogP contribution in [0.1, 0.15) is 15.9 Å². The van der Waals surface area contributed by atoms with Crippen molar-refractivity contribution in [3.05, 3.63) is 40.4 Å². The Morgan fingerprint density at radius 1 is 1.20 bits per heavy atom. The number of fused-ring (bicyclic) bond motifs is 1. The van der Waals surface area contributed by atoms with Crippen molar-refractivity contribution in [2.75, 3.05) is 7.11 Å². The zero-order valence-corrected chi connectivity index (χ0v) is 10.8. The normalized spacial score (nSPS) is 11.7. The van der Waals surface area contributed by atoms with Crippen molar-refractivity contribution in [3.63, 3.8) is 0 Å². The summed E-state index contributed by atoms with van der Waals surface area (Å²) in [5.41, 5.74) is -1.38. The van der Waals surface area contributed by atoms with Gasteiger partial charge >= 0.3 is 12.1 Å². The van der Waals surface area contributed by atoms with E-state index in [9.17, 15) is 18.0 Å². The van der Waals surface area contributed by atoms with Crippen molar-refractivity contribution in [1.82, 2.24) is 0 Å². The summed E-state index contributed by atoms with van der Waals surface area (Å²) in [6.45, 7) is 0. The van der Waals surface area contributed by atoms with E-state index in [4.69, 9.17) is 21.4 Å². The lowest BCUT2D eigenvalue weighted by Crippen LogP contribution is -2.09. The molecular formula is C13H8ClF3O3. The first-order valence-corrected chi connectivity index (χ1v) is 5.75. The maximum absolute atomic E-state index is 13.1. The molecule has 0 atom stereocenters. The minimum Gasteiger partial charge on any atom is -0.496 e. The van der Waals surface area contributed by atoms with Crippen LogP contribution in [0.3, 0.4) is 0 Å². The van der Waals surface area contributed by atoms with Gasteiger partial charge in [0, 0.05) is 0 Å². The zero-order chi connectivity index (χ0) is 15.1.